The molecule has 3 nitrogen and oxygen atoms in total. The summed E-state index contributed by atoms with van der Waals surface area (Å²) in [6.45, 7) is 3.86. The number of rotatable bonds is 5. The molecule has 0 bridgehead atoms. The summed E-state index contributed by atoms with van der Waals surface area (Å²) in [6.07, 6.45) is 10.0. The first kappa shape index (κ1) is 14.8. The van der Waals surface area contributed by atoms with E-state index < -0.39 is 0 Å². The van der Waals surface area contributed by atoms with Crippen molar-refractivity contribution in [1.82, 2.24) is 10.9 Å². The van der Waals surface area contributed by atoms with Crippen LogP contribution in [0.3, 0.4) is 0 Å². The van der Waals surface area contributed by atoms with Crippen molar-refractivity contribution in [3.8, 4) is 0 Å². The van der Waals surface area contributed by atoms with Crippen molar-refractivity contribution in [1.29, 1.82) is 0 Å². The van der Waals surface area contributed by atoms with Gasteiger partial charge >= 0.3 is 0 Å². The fourth-order valence-corrected chi connectivity index (χ4v) is 2.91. The first-order valence-electron chi connectivity index (χ1n) is 7.49. The minimum absolute atomic E-state index is 0.0251. The van der Waals surface area contributed by atoms with E-state index >= 15 is 0 Å². The van der Waals surface area contributed by atoms with Crippen molar-refractivity contribution < 1.29 is 4.79 Å². The van der Waals surface area contributed by atoms with Gasteiger partial charge in [-0.2, -0.15) is 0 Å². The van der Waals surface area contributed by atoms with E-state index in [2.05, 4.69) is 17.4 Å². The van der Waals surface area contributed by atoms with E-state index in [4.69, 9.17) is 0 Å². The molecule has 0 aromatic heterocycles. The Bertz CT molecular complexity index is 434. The molecule has 0 radical (unpaired) electrons. The lowest BCUT2D eigenvalue weighted by Crippen LogP contribution is -2.53. The summed E-state index contributed by atoms with van der Waals surface area (Å²) in [5.41, 5.74) is 6.85. The Morgan fingerprint density at radius 3 is 2.40 bits per heavy atom. The molecule has 20 heavy (non-hydrogen) atoms. The van der Waals surface area contributed by atoms with E-state index in [9.17, 15) is 4.79 Å². The van der Waals surface area contributed by atoms with Gasteiger partial charge in [-0.25, -0.2) is 5.43 Å². The maximum Gasteiger partial charge on any atom is 0.265 e. The molecule has 0 heterocycles. The second-order valence-corrected chi connectivity index (χ2v) is 5.63. The van der Waals surface area contributed by atoms with E-state index in [-0.39, 0.29) is 11.4 Å². The van der Waals surface area contributed by atoms with Gasteiger partial charge in [-0.05, 0) is 31.4 Å². The van der Waals surface area contributed by atoms with Gasteiger partial charge < -0.3 is 0 Å². The minimum Gasteiger partial charge on any atom is -0.287 e. The predicted octanol–water partition coefficient (Wildman–Crippen LogP) is 3.59. The van der Waals surface area contributed by atoms with Crippen LogP contribution < -0.4 is 10.9 Å². The smallest absolute Gasteiger partial charge is 0.265 e. The van der Waals surface area contributed by atoms with Crippen molar-refractivity contribution in [3.05, 3.63) is 48.6 Å². The van der Waals surface area contributed by atoms with Crippen LogP contribution in [0.15, 0.2) is 43.0 Å². The van der Waals surface area contributed by atoms with E-state index in [0.717, 1.165) is 19.3 Å². The Morgan fingerprint density at radius 2 is 1.80 bits per heavy atom. The molecule has 1 aliphatic carbocycles. The van der Waals surface area contributed by atoms with Gasteiger partial charge in [0.1, 0.15) is 0 Å². The van der Waals surface area contributed by atoms with Gasteiger partial charge in [0.05, 0.1) is 0 Å². The van der Waals surface area contributed by atoms with Gasteiger partial charge in [-0.3, -0.25) is 10.2 Å². The van der Waals surface area contributed by atoms with Crippen LogP contribution in [-0.2, 0) is 0 Å². The summed E-state index contributed by atoms with van der Waals surface area (Å²) in [5, 5.41) is 0. The molecule has 0 aliphatic heterocycles. The molecule has 1 saturated carbocycles. The van der Waals surface area contributed by atoms with Crippen LogP contribution in [0.25, 0.3) is 0 Å². The molecule has 108 valence electrons. The summed E-state index contributed by atoms with van der Waals surface area (Å²) >= 11 is 0. The Labute approximate surface area is 121 Å². The van der Waals surface area contributed by atoms with Crippen molar-refractivity contribution >= 4 is 5.91 Å². The molecule has 1 aliphatic rings. The van der Waals surface area contributed by atoms with E-state index in [0.29, 0.717) is 5.56 Å². The van der Waals surface area contributed by atoms with Gasteiger partial charge in [-0.15, -0.1) is 6.58 Å². The van der Waals surface area contributed by atoms with Crippen LogP contribution in [0.5, 0.6) is 0 Å². The van der Waals surface area contributed by atoms with Gasteiger partial charge in [0.2, 0.25) is 0 Å². The summed E-state index contributed by atoms with van der Waals surface area (Å²) in [5.74, 6) is -0.0710. The molecule has 1 aromatic rings. The Kier molecular flexibility index (Phi) is 5.36. The number of benzene rings is 1. The standard InChI is InChI=1S/C17H24N2O/c1-2-12-17(13-8-3-4-9-14-17)19-18-16(20)15-10-6-5-7-11-15/h2,5-7,10-11,19H,1,3-4,8-9,12-14H2,(H,18,20). The summed E-state index contributed by atoms with van der Waals surface area (Å²) in [7, 11) is 0. The molecule has 1 fully saturated rings. The second kappa shape index (κ2) is 7.25. The molecule has 1 aromatic carbocycles. The maximum atomic E-state index is 12.1. The van der Waals surface area contributed by atoms with Crippen LogP contribution in [0.1, 0.15) is 55.3 Å². The first-order valence-corrected chi connectivity index (χ1v) is 7.49. The Morgan fingerprint density at radius 1 is 1.15 bits per heavy atom. The van der Waals surface area contributed by atoms with Crippen molar-refractivity contribution in [2.75, 3.05) is 0 Å². The number of amides is 1. The molecule has 2 rings (SSSR count). The van der Waals surface area contributed by atoms with Crippen molar-refractivity contribution in [3.63, 3.8) is 0 Å². The molecule has 1 amide bonds. The Hall–Kier alpha value is -1.61. The number of hydrogen-bond donors (Lipinski definition) is 2. The third-order valence-electron chi connectivity index (χ3n) is 4.07. The molecule has 2 N–H and O–H groups in total. The minimum atomic E-state index is -0.0710. The van der Waals surface area contributed by atoms with Crippen LogP contribution in [-0.4, -0.2) is 11.4 Å². The SMILES string of the molecule is C=CCC1(NNC(=O)c2ccccc2)CCCCCC1. The molecular weight excluding hydrogens is 248 g/mol. The monoisotopic (exact) mass is 272 g/mol. The molecule has 0 saturated heterocycles. The highest BCUT2D eigenvalue weighted by molar-refractivity contribution is 5.93. The summed E-state index contributed by atoms with van der Waals surface area (Å²) in [6, 6.07) is 9.31. The molecular formula is C17H24N2O. The lowest BCUT2D eigenvalue weighted by atomic mass is 9.87. The molecule has 3 heteroatoms. The number of nitrogens with one attached hydrogen (secondary N) is 2. The lowest BCUT2D eigenvalue weighted by Gasteiger charge is -2.33. The second-order valence-electron chi connectivity index (χ2n) is 5.63. The first-order chi connectivity index (χ1) is 9.76. The largest absolute Gasteiger partial charge is 0.287 e. The topological polar surface area (TPSA) is 41.1 Å². The molecule has 0 spiro atoms. The Balaban J connectivity index is 1.98. The number of carbonyl (C=O) groups excluding carboxylic acids is 1. The predicted molar refractivity (Wildman–Crippen MR) is 82.3 cm³/mol. The lowest BCUT2D eigenvalue weighted by molar-refractivity contribution is 0.0896. The van der Waals surface area contributed by atoms with Gasteiger partial charge in [0.15, 0.2) is 0 Å². The van der Waals surface area contributed by atoms with Crippen molar-refractivity contribution in [2.24, 2.45) is 0 Å². The average Bonchev–Trinajstić information content (AvgIpc) is 2.72. The normalized spacial score (nSPS) is 18.0. The summed E-state index contributed by atoms with van der Waals surface area (Å²) < 4.78 is 0. The quantitative estimate of drug-likeness (QED) is 0.488. The summed E-state index contributed by atoms with van der Waals surface area (Å²) in [4.78, 5) is 12.1. The van der Waals surface area contributed by atoms with Gasteiger partial charge in [0, 0.05) is 11.1 Å². The fourth-order valence-electron chi connectivity index (χ4n) is 2.91. The van der Waals surface area contributed by atoms with Crippen LogP contribution in [0, 0.1) is 0 Å². The highest BCUT2D eigenvalue weighted by atomic mass is 16.2. The highest BCUT2D eigenvalue weighted by Crippen LogP contribution is 2.29. The molecule has 0 atom stereocenters. The fraction of sp³-hybridized carbons (Fsp3) is 0.471. The number of carbonyl (C=O) groups is 1. The highest BCUT2D eigenvalue weighted by Gasteiger charge is 2.29. The zero-order chi connectivity index (χ0) is 14.3. The van der Waals surface area contributed by atoms with Gasteiger partial charge in [0.25, 0.3) is 5.91 Å². The van der Waals surface area contributed by atoms with Crippen LogP contribution >= 0.6 is 0 Å². The molecule has 0 unspecified atom stereocenters. The maximum absolute atomic E-state index is 12.1. The van der Waals surface area contributed by atoms with Crippen LogP contribution in [0.4, 0.5) is 0 Å². The average molecular weight is 272 g/mol. The van der Waals surface area contributed by atoms with E-state index in [1.54, 1.807) is 0 Å². The van der Waals surface area contributed by atoms with E-state index in [1.807, 2.05) is 36.4 Å². The van der Waals surface area contributed by atoms with Crippen molar-refractivity contribution in [2.45, 2.75) is 50.5 Å². The number of hydrogen-bond acceptors (Lipinski definition) is 2. The van der Waals surface area contributed by atoms with Gasteiger partial charge in [-0.1, -0.05) is 50.0 Å². The third kappa shape index (κ3) is 3.94. The zero-order valence-corrected chi connectivity index (χ0v) is 12.0. The van der Waals surface area contributed by atoms with Crippen LogP contribution in [0.2, 0.25) is 0 Å². The zero-order valence-electron chi connectivity index (χ0n) is 12.0. The van der Waals surface area contributed by atoms with E-state index in [1.165, 1.54) is 25.7 Å². The number of hydrazine groups is 1. The third-order valence-corrected chi connectivity index (χ3v) is 4.07.